The van der Waals surface area contributed by atoms with Gasteiger partial charge in [-0.3, -0.25) is 0 Å². The van der Waals surface area contributed by atoms with E-state index in [1.807, 2.05) is 14.0 Å². The maximum absolute atomic E-state index is 5.37. The molecular formula is C10H23NO2. The molecule has 1 N–H and O–H groups in total. The van der Waals surface area contributed by atoms with Crippen LogP contribution in [0.15, 0.2) is 0 Å². The van der Waals surface area contributed by atoms with Crippen molar-refractivity contribution in [3.05, 3.63) is 0 Å². The third-order valence-corrected chi connectivity index (χ3v) is 1.79. The van der Waals surface area contributed by atoms with Gasteiger partial charge in [0.05, 0.1) is 13.2 Å². The van der Waals surface area contributed by atoms with Gasteiger partial charge in [0.1, 0.15) is 0 Å². The van der Waals surface area contributed by atoms with E-state index in [4.69, 9.17) is 9.47 Å². The molecule has 0 amide bonds. The monoisotopic (exact) mass is 189 g/mol. The summed E-state index contributed by atoms with van der Waals surface area (Å²) < 4.78 is 10.5. The van der Waals surface area contributed by atoms with E-state index in [0.717, 1.165) is 39.4 Å². The van der Waals surface area contributed by atoms with Crippen LogP contribution in [0.1, 0.15) is 26.2 Å². The van der Waals surface area contributed by atoms with E-state index in [2.05, 4.69) is 5.32 Å². The Morgan fingerprint density at radius 2 is 1.69 bits per heavy atom. The summed E-state index contributed by atoms with van der Waals surface area (Å²) in [5.41, 5.74) is 0. The van der Waals surface area contributed by atoms with Crippen LogP contribution in [0, 0.1) is 0 Å². The lowest BCUT2D eigenvalue weighted by molar-refractivity contribution is 0.0513. The Bertz CT molecular complexity index is 79.0. The fraction of sp³-hybridized carbons (Fsp3) is 1.00. The highest BCUT2D eigenvalue weighted by atomic mass is 16.5. The number of ether oxygens (including phenoxy) is 2. The summed E-state index contributed by atoms with van der Waals surface area (Å²) in [7, 11) is 1.98. The van der Waals surface area contributed by atoms with Gasteiger partial charge in [-0.05, 0) is 39.8 Å². The summed E-state index contributed by atoms with van der Waals surface area (Å²) in [5, 5.41) is 3.13. The molecule has 0 saturated carbocycles. The van der Waals surface area contributed by atoms with Gasteiger partial charge in [0.25, 0.3) is 0 Å². The molecule has 13 heavy (non-hydrogen) atoms. The summed E-state index contributed by atoms with van der Waals surface area (Å²) in [5.74, 6) is 0. The van der Waals surface area contributed by atoms with Crippen molar-refractivity contribution in [3.63, 3.8) is 0 Å². The van der Waals surface area contributed by atoms with Gasteiger partial charge in [-0.1, -0.05) is 0 Å². The van der Waals surface area contributed by atoms with Crippen LogP contribution in [0.5, 0.6) is 0 Å². The Morgan fingerprint density at radius 3 is 2.38 bits per heavy atom. The molecule has 0 aliphatic heterocycles. The second-order valence-corrected chi connectivity index (χ2v) is 2.97. The van der Waals surface area contributed by atoms with Crippen LogP contribution in [0.3, 0.4) is 0 Å². The molecule has 0 radical (unpaired) electrons. The molecule has 0 unspecified atom stereocenters. The summed E-state index contributed by atoms with van der Waals surface area (Å²) in [6.45, 7) is 6.23. The molecule has 0 heterocycles. The first-order chi connectivity index (χ1) is 6.41. The molecule has 0 atom stereocenters. The first kappa shape index (κ1) is 12.9. The van der Waals surface area contributed by atoms with Gasteiger partial charge >= 0.3 is 0 Å². The minimum absolute atomic E-state index is 0.729. The predicted octanol–water partition coefficient (Wildman–Crippen LogP) is 1.43. The van der Waals surface area contributed by atoms with Crippen molar-refractivity contribution in [2.24, 2.45) is 0 Å². The molecule has 80 valence electrons. The van der Waals surface area contributed by atoms with Crippen LogP contribution < -0.4 is 5.32 Å². The van der Waals surface area contributed by atoms with Crippen molar-refractivity contribution in [2.75, 3.05) is 40.0 Å². The zero-order chi connectivity index (χ0) is 9.78. The maximum Gasteiger partial charge on any atom is 0.0700 e. The normalized spacial score (nSPS) is 10.6. The average Bonchev–Trinajstić information content (AvgIpc) is 2.16. The fourth-order valence-corrected chi connectivity index (χ4v) is 1.05. The molecule has 0 spiro atoms. The number of unbranched alkanes of at least 4 members (excludes halogenated alkanes) is 2. The summed E-state index contributed by atoms with van der Waals surface area (Å²) in [6, 6.07) is 0. The lowest BCUT2D eigenvalue weighted by Crippen LogP contribution is -2.08. The van der Waals surface area contributed by atoms with Crippen LogP contribution in [0.2, 0.25) is 0 Å². The highest BCUT2D eigenvalue weighted by Gasteiger charge is 1.89. The third-order valence-electron chi connectivity index (χ3n) is 1.79. The van der Waals surface area contributed by atoms with Crippen molar-refractivity contribution >= 4 is 0 Å². The molecule has 0 aliphatic rings. The van der Waals surface area contributed by atoms with Crippen LogP contribution >= 0.6 is 0 Å². The van der Waals surface area contributed by atoms with Crippen molar-refractivity contribution in [1.82, 2.24) is 5.32 Å². The topological polar surface area (TPSA) is 30.5 Å². The molecule has 0 fully saturated rings. The van der Waals surface area contributed by atoms with Crippen LogP contribution in [-0.2, 0) is 9.47 Å². The number of nitrogens with one attached hydrogen (secondary N) is 1. The molecule has 0 aromatic rings. The summed E-state index contributed by atoms with van der Waals surface area (Å²) in [6.07, 6.45) is 3.65. The SMILES string of the molecule is CCOCCOCCCCCNC. The third kappa shape index (κ3) is 11.9. The summed E-state index contributed by atoms with van der Waals surface area (Å²) in [4.78, 5) is 0. The first-order valence-corrected chi connectivity index (χ1v) is 5.22. The van der Waals surface area contributed by atoms with Crippen LogP contribution in [0.4, 0.5) is 0 Å². The van der Waals surface area contributed by atoms with E-state index in [-0.39, 0.29) is 0 Å². The van der Waals surface area contributed by atoms with Crippen LogP contribution in [-0.4, -0.2) is 40.0 Å². The van der Waals surface area contributed by atoms with Crippen molar-refractivity contribution < 1.29 is 9.47 Å². The van der Waals surface area contributed by atoms with E-state index >= 15 is 0 Å². The molecule has 3 nitrogen and oxygen atoms in total. The highest BCUT2D eigenvalue weighted by Crippen LogP contribution is 1.94. The highest BCUT2D eigenvalue weighted by molar-refractivity contribution is 4.43. The Hall–Kier alpha value is -0.120. The molecule has 0 bridgehead atoms. The van der Waals surface area contributed by atoms with E-state index in [1.54, 1.807) is 0 Å². The van der Waals surface area contributed by atoms with E-state index in [1.165, 1.54) is 12.8 Å². The second kappa shape index (κ2) is 11.9. The number of hydrogen-bond acceptors (Lipinski definition) is 3. The minimum Gasteiger partial charge on any atom is -0.379 e. The zero-order valence-electron chi connectivity index (χ0n) is 8.97. The summed E-state index contributed by atoms with van der Waals surface area (Å²) >= 11 is 0. The molecule has 0 aromatic carbocycles. The molecular weight excluding hydrogens is 166 g/mol. The number of hydrogen-bond donors (Lipinski definition) is 1. The lowest BCUT2D eigenvalue weighted by atomic mass is 10.2. The largest absolute Gasteiger partial charge is 0.379 e. The number of rotatable bonds is 10. The average molecular weight is 189 g/mol. The Morgan fingerprint density at radius 1 is 0.923 bits per heavy atom. The predicted molar refractivity (Wildman–Crippen MR) is 55.1 cm³/mol. The molecule has 0 aliphatic carbocycles. The lowest BCUT2D eigenvalue weighted by Gasteiger charge is -2.04. The van der Waals surface area contributed by atoms with Gasteiger partial charge in [-0.2, -0.15) is 0 Å². The fourth-order valence-electron chi connectivity index (χ4n) is 1.05. The molecule has 0 aromatic heterocycles. The van der Waals surface area contributed by atoms with Crippen LogP contribution in [0.25, 0.3) is 0 Å². The van der Waals surface area contributed by atoms with Crippen molar-refractivity contribution in [2.45, 2.75) is 26.2 Å². The van der Waals surface area contributed by atoms with E-state index < -0.39 is 0 Å². The van der Waals surface area contributed by atoms with Gasteiger partial charge in [-0.25, -0.2) is 0 Å². The quantitative estimate of drug-likeness (QED) is 0.527. The molecule has 3 heteroatoms. The van der Waals surface area contributed by atoms with Crippen molar-refractivity contribution in [3.8, 4) is 0 Å². The smallest absolute Gasteiger partial charge is 0.0700 e. The maximum atomic E-state index is 5.37. The molecule has 0 rings (SSSR count). The molecule has 0 saturated heterocycles. The van der Waals surface area contributed by atoms with Crippen molar-refractivity contribution in [1.29, 1.82) is 0 Å². The van der Waals surface area contributed by atoms with Gasteiger partial charge in [0, 0.05) is 13.2 Å². The zero-order valence-corrected chi connectivity index (χ0v) is 8.97. The Labute approximate surface area is 81.8 Å². The van der Waals surface area contributed by atoms with E-state index in [9.17, 15) is 0 Å². The first-order valence-electron chi connectivity index (χ1n) is 5.22. The van der Waals surface area contributed by atoms with Gasteiger partial charge in [0.15, 0.2) is 0 Å². The second-order valence-electron chi connectivity index (χ2n) is 2.97. The van der Waals surface area contributed by atoms with E-state index in [0.29, 0.717) is 0 Å². The van der Waals surface area contributed by atoms with Gasteiger partial charge in [-0.15, -0.1) is 0 Å². The van der Waals surface area contributed by atoms with Gasteiger partial charge < -0.3 is 14.8 Å². The Balaban J connectivity index is 2.76. The standard InChI is InChI=1S/C10H23NO2/c1-3-12-9-10-13-8-6-4-5-7-11-2/h11H,3-10H2,1-2H3. The van der Waals surface area contributed by atoms with Gasteiger partial charge in [0.2, 0.25) is 0 Å². The minimum atomic E-state index is 0.729. The Kier molecular flexibility index (Phi) is 11.8.